The zero-order chi connectivity index (χ0) is 92.2. The predicted molar refractivity (Wildman–Crippen MR) is 534 cm³/mol. The summed E-state index contributed by atoms with van der Waals surface area (Å²) in [7, 11) is 0. The molecule has 0 bridgehead atoms. The first-order chi connectivity index (χ1) is 60.6. The second kappa shape index (κ2) is 67.7. The summed E-state index contributed by atoms with van der Waals surface area (Å²) in [4.78, 5) is 47.3. The number of benzene rings is 3. The molecule has 3 aromatic rings. The molecule has 15 nitrogen and oxygen atoms in total. The van der Waals surface area contributed by atoms with Gasteiger partial charge in [0.1, 0.15) is 0 Å². The van der Waals surface area contributed by atoms with Crippen LogP contribution in [-0.4, -0.2) is 76.8 Å². The third kappa shape index (κ3) is 49.5. The molecule has 0 radical (unpaired) electrons. The minimum Gasteiger partial charge on any atom is -0.489 e. The van der Waals surface area contributed by atoms with E-state index >= 15 is 14.4 Å². The van der Waals surface area contributed by atoms with E-state index in [1.165, 1.54) is 134 Å². The number of Topliss-reactive ketones (excluding diaryl/α,β-unsaturated/α-hetero) is 3. The number of anilines is 3. The number of unbranched alkanes of at least 4 members (excludes halogenated alkanes) is 15. The first kappa shape index (κ1) is 112. The Bertz CT molecular complexity index is 3100. The molecular weight excluding hydrogens is 1570 g/mol. The predicted octanol–water partition coefficient (Wildman–Crippen LogP) is 32.3. The molecule has 0 unspecified atom stereocenters. The van der Waals surface area contributed by atoms with Crippen molar-refractivity contribution in [3.63, 3.8) is 0 Å². The maximum Gasteiger partial charge on any atom is 0.203 e. The Morgan fingerprint density at radius 2 is 0.389 bits per heavy atom. The maximum atomic E-state index is 15.8. The third-order valence-corrected chi connectivity index (χ3v) is 25.0. The van der Waals surface area contributed by atoms with E-state index in [1.54, 1.807) is 0 Å². The Kier molecular flexibility index (Phi) is 60.0. The highest BCUT2D eigenvalue weighted by Gasteiger charge is 2.39. The Hall–Kier alpha value is -6.51. The SMILES string of the molecule is CCCCCCCCOc1cc(NC=C2C(=O)C(=CNc3cc(OCCCCCCCC)c(OCC[C@@H](C)CCCC(C)C)c(OCC[C@@H](C)CCCC(C)C)c3)C(=O)C(=CNc3cc(OCCCCCCCC)c(OCC[C@@H](C)CCCC(C)C)c(OCC[C@@H](C)CCCC(C)C)c3)C2=O)cc(OCC[C@@H](C)CCCC(C)C)c1OCC[C@@H](C)CCCC(C)C. The monoisotopic (exact) mass is 1760 g/mol. The molecule has 0 heterocycles. The number of rotatable bonds is 78. The summed E-state index contributed by atoms with van der Waals surface area (Å²) in [5.41, 5.74) is 0.807. The van der Waals surface area contributed by atoms with Crippen molar-refractivity contribution >= 4 is 34.4 Å². The number of nitrogens with one attached hydrogen (secondary N) is 3. The third-order valence-electron chi connectivity index (χ3n) is 25.0. The number of carbonyl (C=O) groups is 3. The van der Waals surface area contributed by atoms with Crippen LogP contribution in [0.5, 0.6) is 51.7 Å². The topological polar surface area (TPSA) is 170 Å². The summed E-state index contributed by atoms with van der Waals surface area (Å²) in [5, 5.41) is 10.3. The lowest BCUT2D eigenvalue weighted by atomic mass is 9.84. The van der Waals surface area contributed by atoms with Crippen LogP contribution in [0, 0.1) is 71.0 Å². The highest BCUT2D eigenvalue weighted by atomic mass is 16.6. The van der Waals surface area contributed by atoms with Gasteiger partial charge in [0, 0.05) is 72.1 Å². The van der Waals surface area contributed by atoms with Crippen molar-refractivity contribution in [3.05, 3.63) is 71.7 Å². The molecule has 3 N–H and O–H groups in total. The molecule has 15 heteroatoms. The normalized spacial score (nSPS) is 14.0. The fourth-order valence-electron chi connectivity index (χ4n) is 16.2. The van der Waals surface area contributed by atoms with Gasteiger partial charge < -0.3 is 58.6 Å². The van der Waals surface area contributed by atoms with Crippen molar-refractivity contribution in [1.82, 2.24) is 0 Å². The average Bonchev–Trinajstić information content (AvgIpc) is 0.777. The molecule has 4 rings (SSSR count). The van der Waals surface area contributed by atoms with Gasteiger partial charge in [-0.2, -0.15) is 0 Å². The second-order valence-corrected chi connectivity index (χ2v) is 40.8. The summed E-state index contributed by atoms with van der Waals surface area (Å²) in [6.45, 7) is 52.1. The number of ketones is 3. The smallest absolute Gasteiger partial charge is 0.203 e. The fraction of sp³-hybridized carbons (Fsp3) is 0.757. The van der Waals surface area contributed by atoms with Crippen LogP contribution in [-0.2, 0) is 14.4 Å². The number of hydrogen-bond donors (Lipinski definition) is 3. The van der Waals surface area contributed by atoms with Gasteiger partial charge in [-0.15, -0.1) is 0 Å². The molecule has 3 aromatic carbocycles. The van der Waals surface area contributed by atoms with Crippen molar-refractivity contribution in [2.75, 3.05) is 75.4 Å². The fourth-order valence-corrected chi connectivity index (χ4v) is 16.2. The van der Waals surface area contributed by atoms with E-state index < -0.39 is 17.3 Å². The van der Waals surface area contributed by atoms with Gasteiger partial charge in [0.05, 0.1) is 76.2 Å². The van der Waals surface area contributed by atoms with Crippen LogP contribution in [0.2, 0.25) is 0 Å². The molecular formula is C111H189N3O12. The minimum absolute atomic E-state index is 0.247. The molecule has 0 amide bonds. The van der Waals surface area contributed by atoms with Gasteiger partial charge in [0.15, 0.2) is 34.5 Å². The molecule has 0 saturated heterocycles. The molecule has 1 aliphatic carbocycles. The van der Waals surface area contributed by atoms with E-state index in [2.05, 4.69) is 161 Å². The van der Waals surface area contributed by atoms with Gasteiger partial charge in [-0.1, -0.05) is 357 Å². The quantitative estimate of drug-likeness (QED) is 0.0277. The summed E-state index contributed by atoms with van der Waals surface area (Å²) >= 11 is 0. The summed E-state index contributed by atoms with van der Waals surface area (Å²) in [6, 6.07) is 11.3. The van der Waals surface area contributed by atoms with Crippen LogP contribution in [0.3, 0.4) is 0 Å². The summed E-state index contributed by atoms with van der Waals surface area (Å²) in [5.74, 6) is 9.00. The van der Waals surface area contributed by atoms with Crippen molar-refractivity contribution < 1.29 is 57.0 Å². The second-order valence-electron chi connectivity index (χ2n) is 40.8. The van der Waals surface area contributed by atoms with Crippen LogP contribution < -0.4 is 58.6 Å². The minimum atomic E-state index is -0.757. The first-order valence-corrected chi connectivity index (χ1v) is 51.9. The lowest BCUT2D eigenvalue weighted by Gasteiger charge is -2.22. The van der Waals surface area contributed by atoms with E-state index in [-0.39, 0.29) is 16.7 Å². The van der Waals surface area contributed by atoms with Gasteiger partial charge in [-0.05, 0) is 129 Å². The molecule has 1 saturated carbocycles. The Morgan fingerprint density at radius 1 is 0.214 bits per heavy atom. The summed E-state index contributed by atoms with van der Waals surface area (Å²) < 4.78 is 61.7. The Labute approximate surface area is 772 Å². The van der Waals surface area contributed by atoms with E-state index in [0.29, 0.717) is 199 Å². The van der Waals surface area contributed by atoms with Crippen molar-refractivity contribution in [2.45, 2.75) is 415 Å². The van der Waals surface area contributed by atoms with Crippen LogP contribution in [0.15, 0.2) is 71.7 Å². The molecule has 720 valence electrons. The highest BCUT2D eigenvalue weighted by Crippen LogP contribution is 2.46. The van der Waals surface area contributed by atoms with Crippen LogP contribution in [0.4, 0.5) is 17.1 Å². The average molecular weight is 1760 g/mol. The molecule has 1 aliphatic rings. The van der Waals surface area contributed by atoms with Gasteiger partial charge in [-0.3, -0.25) is 14.4 Å². The van der Waals surface area contributed by atoms with Crippen molar-refractivity contribution in [3.8, 4) is 51.7 Å². The van der Waals surface area contributed by atoms with Crippen LogP contribution in [0.1, 0.15) is 415 Å². The van der Waals surface area contributed by atoms with E-state index in [9.17, 15) is 0 Å². The van der Waals surface area contributed by atoms with Crippen molar-refractivity contribution in [1.29, 1.82) is 0 Å². The number of allylic oxidation sites excluding steroid dienone is 3. The standard InChI is InChI=1S/C111H189N3O12/c1-22-25-28-31-34-37-64-118-100-73-94(76-103(121-67-58-88(16)52-40-46-82(4)5)109(100)124-70-61-91(19)55-43-49-85(10)11)112-79-97-106(115)98(80-113-95-74-101(119-65-38-35-32-29-26-23-2)110(125-71-62-92(20)56-44-50-86(12)13)104(77-95)122-68-59-89(17)53-41-47-83(6)7)108(117)99(107(97)116)81-114-96-75-102(120-66-39-36-33-30-27-24-3)111(126-72-63-93(21)57-45-51-87(14)15)105(78-96)123-69-60-90(18)54-42-48-84(8)9/h73-93,112-114H,22-72H2,1-21H3/t88-,89-,90-,91-,92-,93-/m0/s1. The van der Waals surface area contributed by atoms with E-state index in [1.807, 2.05) is 36.4 Å². The molecule has 0 spiro atoms. The van der Waals surface area contributed by atoms with E-state index in [4.69, 9.17) is 42.6 Å². The molecule has 1 fully saturated rings. The number of carbonyl (C=O) groups excluding carboxylic acids is 3. The van der Waals surface area contributed by atoms with Crippen LogP contribution in [0.25, 0.3) is 0 Å². The summed E-state index contributed by atoms with van der Waals surface area (Å²) in [6.07, 6.45) is 49.9. The highest BCUT2D eigenvalue weighted by molar-refractivity contribution is 6.51. The molecule has 6 atom stereocenters. The van der Waals surface area contributed by atoms with Gasteiger partial charge in [0.2, 0.25) is 34.6 Å². The zero-order valence-corrected chi connectivity index (χ0v) is 84.6. The number of ether oxygens (including phenoxy) is 9. The molecule has 0 aromatic heterocycles. The number of hydrogen-bond acceptors (Lipinski definition) is 15. The largest absolute Gasteiger partial charge is 0.489 e. The molecule has 126 heavy (non-hydrogen) atoms. The Balaban J connectivity index is 2.08. The van der Waals surface area contributed by atoms with Gasteiger partial charge >= 0.3 is 0 Å². The van der Waals surface area contributed by atoms with E-state index in [0.717, 1.165) is 154 Å². The van der Waals surface area contributed by atoms with Crippen molar-refractivity contribution in [2.24, 2.45) is 71.0 Å². The zero-order valence-electron chi connectivity index (χ0n) is 84.6. The lowest BCUT2D eigenvalue weighted by molar-refractivity contribution is -0.124. The van der Waals surface area contributed by atoms with Gasteiger partial charge in [0.25, 0.3) is 0 Å². The Morgan fingerprint density at radius 3 is 0.579 bits per heavy atom. The van der Waals surface area contributed by atoms with Gasteiger partial charge in [-0.25, -0.2) is 0 Å². The lowest BCUT2D eigenvalue weighted by Crippen LogP contribution is -2.33. The first-order valence-electron chi connectivity index (χ1n) is 51.9. The van der Waals surface area contributed by atoms with Crippen LogP contribution >= 0.6 is 0 Å². The molecule has 0 aliphatic heterocycles. The maximum absolute atomic E-state index is 15.8.